The van der Waals surface area contributed by atoms with Gasteiger partial charge in [-0.3, -0.25) is 9.79 Å². The lowest BCUT2D eigenvalue weighted by Crippen LogP contribution is -2.13. The van der Waals surface area contributed by atoms with Crippen LogP contribution < -0.4 is 10.1 Å². The lowest BCUT2D eigenvalue weighted by molar-refractivity contribution is -0.114. The van der Waals surface area contributed by atoms with Crippen molar-refractivity contribution in [2.45, 2.75) is 0 Å². The third kappa shape index (κ3) is 2.55. The number of fused-ring (bicyclic) bond motifs is 1. The molecule has 2 aromatic carbocycles. The van der Waals surface area contributed by atoms with Crippen molar-refractivity contribution in [3.05, 3.63) is 58.4 Å². The highest BCUT2D eigenvalue weighted by atomic mass is 35.5. The van der Waals surface area contributed by atoms with E-state index in [9.17, 15) is 9.18 Å². The number of halogens is 2. The van der Waals surface area contributed by atoms with E-state index < -0.39 is 5.82 Å². The van der Waals surface area contributed by atoms with Gasteiger partial charge in [0.1, 0.15) is 6.54 Å². The number of anilines is 1. The van der Waals surface area contributed by atoms with Gasteiger partial charge in [0.2, 0.25) is 5.91 Å². The zero-order valence-electron chi connectivity index (χ0n) is 11.7. The zero-order chi connectivity index (χ0) is 15.7. The van der Waals surface area contributed by atoms with Gasteiger partial charge in [-0.1, -0.05) is 29.8 Å². The number of benzodiazepines with no additional fused rings is 1. The maximum atomic E-state index is 14.1. The van der Waals surface area contributed by atoms with Gasteiger partial charge in [-0.05, 0) is 12.1 Å². The lowest BCUT2D eigenvalue weighted by atomic mass is 10.00. The highest BCUT2D eigenvalue weighted by Crippen LogP contribution is 2.31. The standard InChI is InChI=1S/C16H12ClFN2O2/c1-22-14-7-13-10(6-12(14)18)16(19-8-15(21)20-13)9-4-2-3-5-11(9)17/h2-7H,8H2,1H3,(H,20,21). The SMILES string of the molecule is COc1cc2c(cc1F)C(c1ccccc1Cl)=NCC(=O)N2. The van der Waals surface area contributed by atoms with E-state index in [1.807, 2.05) is 6.07 Å². The number of nitrogens with one attached hydrogen (secondary N) is 1. The summed E-state index contributed by atoms with van der Waals surface area (Å²) in [6, 6.07) is 9.84. The third-order valence-corrected chi connectivity index (χ3v) is 3.66. The Morgan fingerprint density at radius 2 is 2.05 bits per heavy atom. The molecule has 0 spiro atoms. The predicted molar refractivity (Wildman–Crippen MR) is 83.5 cm³/mol. The first-order valence-corrected chi connectivity index (χ1v) is 6.95. The van der Waals surface area contributed by atoms with Crippen molar-refractivity contribution in [1.29, 1.82) is 0 Å². The molecule has 0 fully saturated rings. The maximum absolute atomic E-state index is 14.1. The topological polar surface area (TPSA) is 50.7 Å². The van der Waals surface area contributed by atoms with Gasteiger partial charge in [0.15, 0.2) is 11.6 Å². The molecule has 0 saturated heterocycles. The highest BCUT2D eigenvalue weighted by Gasteiger charge is 2.22. The van der Waals surface area contributed by atoms with Crippen LogP contribution in [0.25, 0.3) is 0 Å². The molecule has 1 amide bonds. The fourth-order valence-corrected chi connectivity index (χ4v) is 2.54. The molecule has 2 aromatic rings. The summed E-state index contributed by atoms with van der Waals surface area (Å²) < 4.78 is 19.0. The van der Waals surface area contributed by atoms with Crippen molar-refractivity contribution < 1.29 is 13.9 Å². The molecule has 3 rings (SSSR count). The van der Waals surface area contributed by atoms with Crippen molar-refractivity contribution >= 4 is 28.9 Å². The number of nitrogens with zero attached hydrogens (tertiary/aromatic N) is 1. The first kappa shape index (κ1) is 14.5. The van der Waals surface area contributed by atoms with Crippen LogP contribution in [-0.4, -0.2) is 25.3 Å². The van der Waals surface area contributed by atoms with Crippen molar-refractivity contribution in [3.63, 3.8) is 0 Å². The van der Waals surface area contributed by atoms with Crippen LogP contribution in [0, 0.1) is 5.82 Å². The van der Waals surface area contributed by atoms with E-state index in [0.717, 1.165) is 0 Å². The number of ether oxygens (including phenoxy) is 1. The first-order valence-electron chi connectivity index (χ1n) is 6.57. The molecule has 0 aromatic heterocycles. The second kappa shape index (κ2) is 5.77. The fraction of sp³-hybridized carbons (Fsp3) is 0.125. The van der Waals surface area contributed by atoms with Gasteiger partial charge >= 0.3 is 0 Å². The summed E-state index contributed by atoms with van der Waals surface area (Å²) in [5.41, 5.74) is 2.03. The lowest BCUT2D eigenvalue weighted by Gasteiger charge is -2.13. The highest BCUT2D eigenvalue weighted by molar-refractivity contribution is 6.36. The van der Waals surface area contributed by atoms with E-state index in [1.54, 1.807) is 18.2 Å². The third-order valence-electron chi connectivity index (χ3n) is 3.33. The van der Waals surface area contributed by atoms with Gasteiger partial charge in [0.25, 0.3) is 0 Å². The summed E-state index contributed by atoms with van der Waals surface area (Å²) in [6.07, 6.45) is 0. The van der Waals surface area contributed by atoms with Crippen LogP contribution in [0.15, 0.2) is 41.4 Å². The minimum Gasteiger partial charge on any atom is -0.494 e. The number of methoxy groups -OCH3 is 1. The van der Waals surface area contributed by atoms with E-state index in [1.165, 1.54) is 19.2 Å². The van der Waals surface area contributed by atoms with Crippen LogP contribution in [-0.2, 0) is 4.79 Å². The van der Waals surface area contributed by atoms with Crippen molar-refractivity contribution in [2.75, 3.05) is 19.0 Å². The number of benzene rings is 2. The number of hydrogen-bond donors (Lipinski definition) is 1. The minimum atomic E-state index is -0.530. The monoisotopic (exact) mass is 318 g/mol. The van der Waals surface area contributed by atoms with Gasteiger partial charge in [-0.25, -0.2) is 4.39 Å². The number of aliphatic imine (C=N–C) groups is 1. The summed E-state index contributed by atoms with van der Waals surface area (Å²) in [5, 5.41) is 3.18. The van der Waals surface area contributed by atoms with E-state index in [-0.39, 0.29) is 18.2 Å². The Hall–Kier alpha value is -2.40. The van der Waals surface area contributed by atoms with Crippen molar-refractivity contribution in [3.8, 4) is 5.75 Å². The molecular formula is C16H12ClFN2O2. The Labute approximate surface area is 131 Å². The predicted octanol–water partition coefficient (Wildman–Crippen LogP) is 3.28. The molecule has 6 heteroatoms. The Kier molecular flexibility index (Phi) is 3.81. The first-order chi connectivity index (χ1) is 10.6. The van der Waals surface area contributed by atoms with Crippen molar-refractivity contribution in [1.82, 2.24) is 0 Å². The summed E-state index contributed by atoms with van der Waals surface area (Å²) >= 11 is 6.21. The second-order valence-corrected chi connectivity index (χ2v) is 5.13. The molecule has 112 valence electrons. The summed E-state index contributed by atoms with van der Waals surface area (Å²) in [5.74, 6) is -0.756. The Bertz CT molecular complexity index is 790. The van der Waals surface area contributed by atoms with Gasteiger partial charge < -0.3 is 10.1 Å². The molecule has 22 heavy (non-hydrogen) atoms. The molecule has 1 heterocycles. The number of carbonyl (C=O) groups excluding carboxylic acids is 1. The van der Waals surface area contributed by atoms with Gasteiger partial charge in [0, 0.05) is 22.2 Å². The molecule has 0 unspecified atom stereocenters. The smallest absolute Gasteiger partial charge is 0.246 e. The molecule has 0 aliphatic carbocycles. The van der Waals surface area contributed by atoms with Crippen LogP contribution in [0.1, 0.15) is 11.1 Å². The van der Waals surface area contributed by atoms with Crippen LogP contribution in [0.5, 0.6) is 5.75 Å². The second-order valence-electron chi connectivity index (χ2n) is 4.73. The van der Waals surface area contributed by atoms with E-state index in [4.69, 9.17) is 16.3 Å². The van der Waals surface area contributed by atoms with Crippen LogP contribution >= 0.6 is 11.6 Å². The number of rotatable bonds is 2. The minimum absolute atomic E-state index is 0.0551. The molecule has 0 radical (unpaired) electrons. The number of amides is 1. The average Bonchev–Trinajstić information content (AvgIpc) is 2.65. The quantitative estimate of drug-likeness (QED) is 0.924. The van der Waals surface area contributed by atoms with Gasteiger partial charge in [0.05, 0.1) is 18.5 Å². The summed E-state index contributed by atoms with van der Waals surface area (Å²) in [6.45, 7) is -0.0564. The van der Waals surface area contributed by atoms with Crippen LogP contribution in [0.4, 0.5) is 10.1 Å². The summed E-state index contributed by atoms with van der Waals surface area (Å²) in [7, 11) is 1.37. The van der Waals surface area contributed by atoms with Crippen LogP contribution in [0.3, 0.4) is 0 Å². The molecule has 0 saturated carbocycles. The normalized spacial score (nSPS) is 13.8. The van der Waals surface area contributed by atoms with Crippen LogP contribution in [0.2, 0.25) is 5.02 Å². The van der Waals surface area contributed by atoms with E-state index in [0.29, 0.717) is 27.5 Å². The molecule has 0 bridgehead atoms. The van der Waals surface area contributed by atoms with E-state index in [2.05, 4.69) is 10.3 Å². The molecule has 1 aliphatic heterocycles. The van der Waals surface area contributed by atoms with E-state index >= 15 is 0 Å². The number of carbonyl (C=O) groups is 1. The van der Waals surface area contributed by atoms with Crippen molar-refractivity contribution in [2.24, 2.45) is 4.99 Å². The number of hydrogen-bond acceptors (Lipinski definition) is 3. The largest absolute Gasteiger partial charge is 0.494 e. The molecule has 1 aliphatic rings. The molecular weight excluding hydrogens is 307 g/mol. The Morgan fingerprint density at radius 3 is 2.77 bits per heavy atom. The fourth-order valence-electron chi connectivity index (χ4n) is 2.32. The maximum Gasteiger partial charge on any atom is 0.246 e. The zero-order valence-corrected chi connectivity index (χ0v) is 12.4. The molecule has 0 atom stereocenters. The molecule has 1 N–H and O–H groups in total. The Morgan fingerprint density at radius 1 is 1.27 bits per heavy atom. The molecule has 4 nitrogen and oxygen atoms in total. The Balaban J connectivity index is 2.23. The average molecular weight is 319 g/mol. The summed E-state index contributed by atoms with van der Waals surface area (Å²) in [4.78, 5) is 16.1. The van der Waals surface area contributed by atoms with Gasteiger partial charge in [-0.2, -0.15) is 0 Å². The van der Waals surface area contributed by atoms with Gasteiger partial charge in [-0.15, -0.1) is 0 Å².